The molecule has 0 spiro atoms. The molecule has 2 fully saturated rings. The zero-order valence-corrected chi connectivity index (χ0v) is 15.8. The van der Waals surface area contributed by atoms with Crippen LogP contribution in [0, 0.1) is 5.92 Å². The standard InChI is InChI=1S/C17H25N3O2S2/c1-2-15-19-13(9-24-15)8-18-16(21)14-10-23-11-20(14)17(22)12-6-4-3-5-7-12/h9,12,14H,2-8,10-11H2,1H3,(H,18,21)/t14-/m0/s1. The third-order valence-corrected chi connectivity index (χ3v) is 6.82. The minimum absolute atomic E-state index is 0.0461. The summed E-state index contributed by atoms with van der Waals surface area (Å²) in [5, 5.41) is 6.05. The van der Waals surface area contributed by atoms with E-state index in [0.29, 0.717) is 18.2 Å². The highest BCUT2D eigenvalue weighted by Gasteiger charge is 2.37. The number of aryl methyl sites for hydroxylation is 1. The Bertz CT molecular complexity index is 584. The van der Waals surface area contributed by atoms with Gasteiger partial charge < -0.3 is 10.2 Å². The van der Waals surface area contributed by atoms with Gasteiger partial charge in [-0.2, -0.15) is 0 Å². The van der Waals surface area contributed by atoms with Crippen LogP contribution in [0.4, 0.5) is 0 Å². The van der Waals surface area contributed by atoms with Crippen molar-refractivity contribution in [2.75, 3.05) is 11.6 Å². The quantitative estimate of drug-likeness (QED) is 0.869. The summed E-state index contributed by atoms with van der Waals surface area (Å²) in [6.07, 6.45) is 6.38. The minimum atomic E-state index is -0.325. The van der Waals surface area contributed by atoms with Crippen LogP contribution in [0.5, 0.6) is 0 Å². The van der Waals surface area contributed by atoms with Crippen molar-refractivity contribution in [1.29, 1.82) is 0 Å². The van der Waals surface area contributed by atoms with Gasteiger partial charge in [0, 0.05) is 17.1 Å². The van der Waals surface area contributed by atoms with Crippen LogP contribution in [0.2, 0.25) is 0 Å². The molecule has 1 N–H and O–H groups in total. The van der Waals surface area contributed by atoms with Gasteiger partial charge in [-0.15, -0.1) is 23.1 Å². The molecule has 2 aliphatic rings. The van der Waals surface area contributed by atoms with Crippen LogP contribution >= 0.6 is 23.1 Å². The van der Waals surface area contributed by atoms with Gasteiger partial charge in [0.2, 0.25) is 11.8 Å². The molecule has 0 bridgehead atoms. The second-order valence-electron chi connectivity index (χ2n) is 6.46. The Balaban J connectivity index is 1.55. The third kappa shape index (κ3) is 4.11. The first-order valence-corrected chi connectivity index (χ1v) is 10.8. The summed E-state index contributed by atoms with van der Waals surface area (Å²) in [5.41, 5.74) is 0.904. The first-order valence-electron chi connectivity index (χ1n) is 8.78. The van der Waals surface area contributed by atoms with Crippen molar-refractivity contribution in [3.63, 3.8) is 0 Å². The van der Waals surface area contributed by atoms with Crippen molar-refractivity contribution in [2.24, 2.45) is 5.92 Å². The number of carbonyl (C=O) groups excluding carboxylic acids is 2. The number of nitrogens with zero attached hydrogens (tertiary/aromatic N) is 2. The number of amides is 2. The summed E-state index contributed by atoms with van der Waals surface area (Å²) in [6, 6.07) is -0.325. The predicted molar refractivity (Wildman–Crippen MR) is 97.9 cm³/mol. The molecule has 1 saturated carbocycles. The van der Waals surface area contributed by atoms with E-state index < -0.39 is 0 Å². The molecular formula is C17H25N3O2S2. The second kappa shape index (κ2) is 8.34. The van der Waals surface area contributed by atoms with Crippen LogP contribution in [-0.4, -0.2) is 39.4 Å². The Morgan fingerprint density at radius 2 is 2.12 bits per heavy atom. The zero-order chi connectivity index (χ0) is 16.9. The molecule has 0 radical (unpaired) electrons. The molecule has 2 amide bonds. The van der Waals surface area contributed by atoms with Gasteiger partial charge in [-0.25, -0.2) is 4.98 Å². The lowest BCUT2D eigenvalue weighted by Crippen LogP contribution is -2.49. The van der Waals surface area contributed by atoms with Crippen LogP contribution < -0.4 is 5.32 Å². The van der Waals surface area contributed by atoms with E-state index in [9.17, 15) is 9.59 Å². The van der Waals surface area contributed by atoms with Crippen LogP contribution in [-0.2, 0) is 22.6 Å². The number of hydrogen-bond acceptors (Lipinski definition) is 5. The van der Waals surface area contributed by atoms with Gasteiger partial charge in [0.25, 0.3) is 0 Å². The van der Waals surface area contributed by atoms with Crippen molar-refractivity contribution < 1.29 is 9.59 Å². The van der Waals surface area contributed by atoms with Crippen LogP contribution in [0.1, 0.15) is 49.7 Å². The monoisotopic (exact) mass is 367 g/mol. The summed E-state index contributed by atoms with van der Waals surface area (Å²) >= 11 is 3.30. The number of nitrogens with one attached hydrogen (secondary N) is 1. The number of rotatable bonds is 5. The largest absolute Gasteiger partial charge is 0.349 e. The van der Waals surface area contributed by atoms with E-state index in [1.165, 1.54) is 6.42 Å². The predicted octanol–water partition coefficient (Wildman–Crippen LogP) is 2.80. The number of thiazole rings is 1. The number of aromatic nitrogens is 1. The Kier molecular flexibility index (Phi) is 6.16. The van der Waals surface area contributed by atoms with E-state index in [2.05, 4.69) is 17.2 Å². The van der Waals surface area contributed by atoms with Crippen LogP contribution in [0.15, 0.2) is 5.38 Å². The molecule has 1 aliphatic carbocycles. The maximum absolute atomic E-state index is 12.8. The fourth-order valence-electron chi connectivity index (χ4n) is 3.35. The molecule has 5 nitrogen and oxygen atoms in total. The molecule has 2 heterocycles. The molecule has 0 aromatic carbocycles. The Morgan fingerprint density at radius 3 is 2.83 bits per heavy atom. The molecule has 1 saturated heterocycles. The summed E-state index contributed by atoms with van der Waals surface area (Å²) < 4.78 is 0. The summed E-state index contributed by atoms with van der Waals surface area (Å²) in [5.74, 6) is 1.60. The molecule has 1 aromatic heterocycles. The van der Waals surface area contributed by atoms with Crippen molar-refractivity contribution in [3.05, 3.63) is 16.1 Å². The zero-order valence-electron chi connectivity index (χ0n) is 14.1. The number of hydrogen-bond donors (Lipinski definition) is 1. The van der Waals surface area contributed by atoms with Gasteiger partial charge in [-0.3, -0.25) is 9.59 Å². The van der Waals surface area contributed by atoms with Crippen molar-refractivity contribution in [2.45, 2.75) is 58.0 Å². The number of thioether (sulfide) groups is 1. The Labute approximate surface area is 151 Å². The average molecular weight is 368 g/mol. The first kappa shape index (κ1) is 17.7. The summed E-state index contributed by atoms with van der Waals surface area (Å²) in [4.78, 5) is 31.6. The number of carbonyl (C=O) groups is 2. The van der Waals surface area contributed by atoms with E-state index in [1.54, 1.807) is 28.0 Å². The van der Waals surface area contributed by atoms with Crippen molar-refractivity contribution in [1.82, 2.24) is 15.2 Å². The minimum Gasteiger partial charge on any atom is -0.349 e. The third-order valence-electron chi connectivity index (χ3n) is 4.77. The topological polar surface area (TPSA) is 62.3 Å². The molecule has 3 rings (SSSR count). The van der Waals surface area contributed by atoms with Gasteiger partial charge in [-0.1, -0.05) is 26.2 Å². The molecule has 24 heavy (non-hydrogen) atoms. The van der Waals surface area contributed by atoms with Gasteiger partial charge in [0.1, 0.15) is 6.04 Å². The molecule has 0 unspecified atom stereocenters. The molecular weight excluding hydrogens is 342 g/mol. The van der Waals surface area contributed by atoms with Crippen LogP contribution in [0.3, 0.4) is 0 Å². The highest BCUT2D eigenvalue weighted by molar-refractivity contribution is 7.99. The van der Waals surface area contributed by atoms with E-state index in [0.717, 1.165) is 42.8 Å². The Hall–Kier alpha value is -1.08. The molecule has 1 aliphatic heterocycles. The molecule has 132 valence electrons. The molecule has 1 atom stereocenters. The molecule has 7 heteroatoms. The highest BCUT2D eigenvalue weighted by atomic mass is 32.2. The van der Waals surface area contributed by atoms with Crippen molar-refractivity contribution in [3.8, 4) is 0 Å². The van der Waals surface area contributed by atoms with E-state index in [1.807, 2.05) is 5.38 Å². The van der Waals surface area contributed by atoms with E-state index in [-0.39, 0.29) is 23.8 Å². The lowest BCUT2D eigenvalue weighted by Gasteiger charge is -2.29. The first-order chi connectivity index (χ1) is 11.7. The normalized spacial score (nSPS) is 21.9. The smallest absolute Gasteiger partial charge is 0.244 e. The highest BCUT2D eigenvalue weighted by Crippen LogP contribution is 2.30. The van der Waals surface area contributed by atoms with Crippen molar-refractivity contribution >= 4 is 34.9 Å². The Morgan fingerprint density at radius 1 is 1.33 bits per heavy atom. The van der Waals surface area contributed by atoms with Gasteiger partial charge in [-0.05, 0) is 19.3 Å². The fraction of sp³-hybridized carbons (Fsp3) is 0.706. The van der Waals surface area contributed by atoms with Gasteiger partial charge >= 0.3 is 0 Å². The lowest BCUT2D eigenvalue weighted by atomic mass is 9.88. The maximum Gasteiger partial charge on any atom is 0.244 e. The maximum atomic E-state index is 12.8. The summed E-state index contributed by atoms with van der Waals surface area (Å²) in [7, 11) is 0. The van der Waals surface area contributed by atoms with E-state index >= 15 is 0 Å². The fourth-order valence-corrected chi connectivity index (χ4v) is 5.26. The van der Waals surface area contributed by atoms with Gasteiger partial charge in [0.05, 0.1) is 23.1 Å². The van der Waals surface area contributed by atoms with E-state index in [4.69, 9.17) is 0 Å². The summed E-state index contributed by atoms with van der Waals surface area (Å²) in [6.45, 7) is 2.52. The lowest BCUT2D eigenvalue weighted by molar-refractivity contribution is -0.142. The van der Waals surface area contributed by atoms with Gasteiger partial charge in [0.15, 0.2) is 0 Å². The SMILES string of the molecule is CCc1nc(CNC(=O)[C@@H]2CSCN2C(=O)C2CCCCC2)cs1. The second-order valence-corrected chi connectivity index (χ2v) is 8.41. The molecule has 1 aromatic rings. The van der Waals surface area contributed by atoms with Crippen LogP contribution in [0.25, 0.3) is 0 Å². The average Bonchev–Trinajstić information content (AvgIpc) is 3.29.